The fraction of sp³-hybridized carbons (Fsp3) is 0.529. The summed E-state index contributed by atoms with van der Waals surface area (Å²) in [6, 6.07) is 11.3. The van der Waals surface area contributed by atoms with Gasteiger partial charge >= 0.3 is 8.80 Å². The summed E-state index contributed by atoms with van der Waals surface area (Å²) in [6.45, 7) is 1.42. The molecule has 6 heteroatoms. The van der Waals surface area contributed by atoms with Crippen LogP contribution in [0.1, 0.15) is 18.4 Å². The van der Waals surface area contributed by atoms with Crippen LogP contribution in [0.25, 0.3) is 6.08 Å². The maximum atomic E-state index is 5.84. The van der Waals surface area contributed by atoms with Gasteiger partial charge in [0.1, 0.15) is 0 Å². The predicted molar refractivity (Wildman–Crippen MR) is 97.1 cm³/mol. The molecule has 0 radical (unpaired) electrons. The van der Waals surface area contributed by atoms with E-state index in [1.165, 1.54) is 5.56 Å². The van der Waals surface area contributed by atoms with E-state index in [-0.39, 0.29) is 6.04 Å². The number of rotatable bonds is 12. The Kier molecular flexibility index (Phi) is 10.0. The summed E-state index contributed by atoms with van der Waals surface area (Å²) in [5.41, 5.74) is 7.05. The zero-order chi connectivity index (χ0) is 17.0. The Morgan fingerprint density at radius 1 is 1.13 bits per heavy atom. The van der Waals surface area contributed by atoms with E-state index < -0.39 is 8.80 Å². The SMILES string of the molecule is CO[Si](CCCC(CN)NCC=Cc1ccccc1)(OC)OC. The Labute approximate surface area is 141 Å². The summed E-state index contributed by atoms with van der Waals surface area (Å²) in [5.74, 6) is 0. The monoisotopic (exact) mass is 338 g/mol. The molecule has 1 rings (SSSR count). The summed E-state index contributed by atoms with van der Waals surface area (Å²) in [5, 5.41) is 3.46. The maximum absolute atomic E-state index is 5.84. The summed E-state index contributed by atoms with van der Waals surface area (Å²) < 4.78 is 16.3. The third-order valence-electron chi connectivity index (χ3n) is 3.89. The molecule has 1 atom stereocenters. The second-order valence-electron chi connectivity index (χ2n) is 5.34. The number of hydrogen-bond acceptors (Lipinski definition) is 5. The lowest BCUT2D eigenvalue weighted by Gasteiger charge is -2.25. The fourth-order valence-electron chi connectivity index (χ4n) is 2.42. The second kappa shape index (κ2) is 11.5. The topological polar surface area (TPSA) is 65.7 Å². The van der Waals surface area contributed by atoms with Crippen molar-refractivity contribution in [3.05, 3.63) is 42.0 Å². The predicted octanol–water partition coefficient (Wildman–Crippen LogP) is 2.28. The number of benzene rings is 1. The van der Waals surface area contributed by atoms with Crippen LogP contribution < -0.4 is 11.1 Å². The van der Waals surface area contributed by atoms with Gasteiger partial charge in [-0.2, -0.15) is 0 Å². The van der Waals surface area contributed by atoms with E-state index in [1.54, 1.807) is 21.3 Å². The molecule has 0 aliphatic heterocycles. The van der Waals surface area contributed by atoms with Crippen LogP contribution in [0.3, 0.4) is 0 Å². The van der Waals surface area contributed by atoms with Crippen LogP contribution in [0.2, 0.25) is 6.04 Å². The minimum Gasteiger partial charge on any atom is -0.377 e. The molecule has 0 bridgehead atoms. The third kappa shape index (κ3) is 7.39. The molecule has 0 saturated carbocycles. The van der Waals surface area contributed by atoms with E-state index in [1.807, 2.05) is 18.2 Å². The molecule has 0 aliphatic rings. The normalized spacial score (nSPS) is 13.6. The molecule has 1 aromatic carbocycles. The molecule has 0 aliphatic carbocycles. The van der Waals surface area contributed by atoms with Gasteiger partial charge in [0.15, 0.2) is 0 Å². The van der Waals surface area contributed by atoms with Crippen molar-refractivity contribution < 1.29 is 13.3 Å². The molecule has 1 aromatic rings. The molecule has 1 unspecified atom stereocenters. The first-order valence-electron chi connectivity index (χ1n) is 8.00. The van der Waals surface area contributed by atoms with Crippen LogP contribution in [-0.4, -0.2) is 49.3 Å². The average molecular weight is 339 g/mol. The first-order valence-corrected chi connectivity index (χ1v) is 9.93. The van der Waals surface area contributed by atoms with Gasteiger partial charge in [-0.05, 0) is 18.4 Å². The smallest absolute Gasteiger partial charge is 0.377 e. The van der Waals surface area contributed by atoms with Crippen molar-refractivity contribution in [2.75, 3.05) is 34.4 Å². The second-order valence-corrected chi connectivity index (χ2v) is 8.43. The van der Waals surface area contributed by atoms with Gasteiger partial charge in [0.2, 0.25) is 0 Å². The van der Waals surface area contributed by atoms with Gasteiger partial charge in [-0.15, -0.1) is 0 Å². The molecule has 5 nitrogen and oxygen atoms in total. The van der Waals surface area contributed by atoms with Crippen molar-refractivity contribution in [1.29, 1.82) is 0 Å². The van der Waals surface area contributed by atoms with Gasteiger partial charge in [0, 0.05) is 46.5 Å². The van der Waals surface area contributed by atoms with Gasteiger partial charge in [-0.25, -0.2) is 0 Å². The Balaban J connectivity index is 2.30. The molecule has 0 heterocycles. The number of nitrogens with one attached hydrogen (secondary N) is 1. The van der Waals surface area contributed by atoms with Crippen LogP contribution >= 0.6 is 0 Å². The third-order valence-corrected chi connectivity index (χ3v) is 6.72. The maximum Gasteiger partial charge on any atom is 0.500 e. The zero-order valence-electron chi connectivity index (χ0n) is 14.5. The first kappa shape index (κ1) is 20.0. The van der Waals surface area contributed by atoms with E-state index in [0.717, 1.165) is 25.4 Å². The molecular weight excluding hydrogens is 308 g/mol. The molecule has 0 amide bonds. The van der Waals surface area contributed by atoms with E-state index in [2.05, 4.69) is 29.6 Å². The van der Waals surface area contributed by atoms with E-state index in [4.69, 9.17) is 19.0 Å². The van der Waals surface area contributed by atoms with Crippen molar-refractivity contribution in [2.24, 2.45) is 5.73 Å². The Morgan fingerprint density at radius 3 is 2.35 bits per heavy atom. The van der Waals surface area contributed by atoms with E-state index in [9.17, 15) is 0 Å². The van der Waals surface area contributed by atoms with Crippen LogP contribution in [0.5, 0.6) is 0 Å². The van der Waals surface area contributed by atoms with Crippen molar-refractivity contribution >= 4 is 14.9 Å². The standard InChI is InChI=1S/C17H30N2O3Si/c1-20-23(21-2,22-3)14-8-12-17(15-18)19-13-7-11-16-9-5-4-6-10-16/h4-7,9-11,17,19H,8,12-15,18H2,1-3H3. The number of hydrogen-bond donors (Lipinski definition) is 2. The lowest BCUT2D eigenvalue weighted by Crippen LogP contribution is -2.43. The molecule has 0 aromatic heterocycles. The van der Waals surface area contributed by atoms with E-state index >= 15 is 0 Å². The van der Waals surface area contributed by atoms with E-state index in [0.29, 0.717) is 6.54 Å². The van der Waals surface area contributed by atoms with Gasteiger partial charge in [-0.1, -0.05) is 42.5 Å². The molecule has 3 N–H and O–H groups in total. The van der Waals surface area contributed by atoms with Crippen molar-refractivity contribution in [3.63, 3.8) is 0 Å². The first-order chi connectivity index (χ1) is 11.2. The van der Waals surface area contributed by atoms with Gasteiger partial charge in [0.05, 0.1) is 0 Å². The Hall–Kier alpha value is -1.02. The quantitative estimate of drug-likeness (QED) is 0.572. The Morgan fingerprint density at radius 2 is 1.78 bits per heavy atom. The van der Waals surface area contributed by atoms with Crippen LogP contribution in [0.4, 0.5) is 0 Å². The molecule has 23 heavy (non-hydrogen) atoms. The van der Waals surface area contributed by atoms with Crippen LogP contribution in [-0.2, 0) is 13.3 Å². The highest BCUT2D eigenvalue weighted by Crippen LogP contribution is 2.17. The van der Waals surface area contributed by atoms with Crippen LogP contribution in [0, 0.1) is 0 Å². The van der Waals surface area contributed by atoms with Gasteiger partial charge in [-0.3, -0.25) is 0 Å². The minimum absolute atomic E-state index is 0.285. The molecule has 0 fully saturated rings. The Bertz CT molecular complexity index is 430. The number of nitrogens with two attached hydrogens (primary N) is 1. The fourth-order valence-corrected chi connectivity index (χ4v) is 4.17. The van der Waals surface area contributed by atoms with Crippen molar-refractivity contribution in [2.45, 2.75) is 24.9 Å². The molecule has 0 saturated heterocycles. The largest absolute Gasteiger partial charge is 0.500 e. The average Bonchev–Trinajstić information content (AvgIpc) is 2.62. The van der Waals surface area contributed by atoms with Crippen molar-refractivity contribution in [3.8, 4) is 0 Å². The highest BCUT2D eigenvalue weighted by molar-refractivity contribution is 6.60. The van der Waals surface area contributed by atoms with Gasteiger partial charge in [0.25, 0.3) is 0 Å². The summed E-state index contributed by atoms with van der Waals surface area (Å²) in [4.78, 5) is 0. The molecular formula is C17H30N2O3Si. The molecule has 0 spiro atoms. The lowest BCUT2D eigenvalue weighted by molar-refractivity contribution is 0.122. The summed E-state index contributed by atoms with van der Waals surface area (Å²) >= 11 is 0. The minimum atomic E-state index is -2.46. The molecule has 130 valence electrons. The zero-order valence-corrected chi connectivity index (χ0v) is 15.5. The van der Waals surface area contributed by atoms with Crippen LogP contribution in [0.15, 0.2) is 36.4 Å². The highest BCUT2D eigenvalue weighted by Gasteiger charge is 2.36. The summed E-state index contributed by atoms with van der Waals surface area (Å²) in [7, 11) is 2.47. The van der Waals surface area contributed by atoms with Crippen molar-refractivity contribution in [1.82, 2.24) is 5.32 Å². The van der Waals surface area contributed by atoms with Gasteiger partial charge < -0.3 is 24.3 Å². The summed E-state index contributed by atoms with van der Waals surface area (Å²) in [6.07, 6.45) is 6.16. The highest BCUT2D eigenvalue weighted by atomic mass is 28.4. The lowest BCUT2D eigenvalue weighted by atomic mass is 10.1.